The van der Waals surface area contributed by atoms with E-state index in [0.717, 1.165) is 0 Å². The third-order valence-corrected chi connectivity index (χ3v) is 3.82. The van der Waals surface area contributed by atoms with Crippen LogP contribution in [0.1, 0.15) is 19.8 Å². The molecule has 0 saturated heterocycles. The molecule has 12 heteroatoms. The zero-order valence-corrected chi connectivity index (χ0v) is 15.4. The number of amides is 4. The maximum Gasteiger partial charge on any atom is 0.325 e. The van der Waals surface area contributed by atoms with Crippen LogP contribution in [0.25, 0.3) is 0 Å². The lowest BCUT2D eigenvalue weighted by molar-refractivity contribution is -0.141. The summed E-state index contributed by atoms with van der Waals surface area (Å²) in [7, 11) is 0. The lowest BCUT2D eigenvalue weighted by Gasteiger charge is -2.19. The van der Waals surface area contributed by atoms with E-state index in [9.17, 15) is 24.0 Å². The van der Waals surface area contributed by atoms with Crippen LogP contribution in [0.4, 0.5) is 0 Å². The molecule has 0 aliphatic rings. The molecule has 148 valence electrons. The molecule has 0 fully saturated rings. The normalized spacial score (nSPS) is 13.8. The Labute approximate surface area is 155 Å². The number of carbonyl (C=O) groups is 5. The number of nitrogens with two attached hydrogens (primary N) is 2. The molecule has 26 heavy (non-hydrogen) atoms. The van der Waals surface area contributed by atoms with Crippen LogP contribution in [-0.2, 0) is 24.0 Å². The Morgan fingerprint density at radius 3 is 2.23 bits per heavy atom. The van der Waals surface area contributed by atoms with Crippen LogP contribution in [0.2, 0.25) is 0 Å². The molecule has 0 aromatic heterocycles. The smallest absolute Gasteiger partial charge is 0.325 e. The van der Waals surface area contributed by atoms with Gasteiger partial charge in [0.1, 0.15) is 12.1 Å². The number of carboxylic acid groups (broad SMARTS) is 1. The Morgan fingerprint density at radius 2 is 1.73 bits per heavy atom. The third kappa shape index (κ3) is 9.84. The average Bonchev–Trinajstić information content (AvgIpc) is 2.56. The summed E-state index contributed by atoms with van der Waals surface area (Å²) in [5.41, 5.74) is 10.7. The first-order valence-corrected chi connectivity index (χ1v) is 9.10. The molecule has 0 aliphatic heterocycles. The van der Waals surface area contributed by atoms with E-state index in [-0.39, 0.29) is 0 Å². The number of nitrogens with one attached hydrogen (secondary N) is 3. The van der Waals surface area contributed by atoms with Gasteiger partial charge in [0.25, 0.3) is 0 Å². The largest absolute Gasteiger partial charge is 0.480 e. The number of thioether (sulfide) groups is 1. The average molecular weight is 391 g/mol. The second kappa shape index (κ2) is 12.1. The van der Waals surface area contributed by atoms with Gasteiger partial charge in [-0.1, -0.05) is 0 Å². The minimum absolute atomic E-state index is 0.439. The second-order valence-electron chi connectivity index (χ2n) is 5.46. The number of rotatable bonds is 12. The Balaban J connectivity index is 4.63. The molecular formula is C14H25N5O6S. The summed E-state index contributed by atoms with van der Waals surface area (Å²) < 4.78 is 0. The van der Waals surface area contributed by atoms with E-state index in [1.165, 1.54) is 18.7 Å². The van der Waals surface area contributed by atoms with Crippen molar-refractivity contribution < 1.29 is 29.1 Å². The van der Waals surface area contributed by atoms with Crippen molar-refractivity contribution >= 4 is 41.4 Å². The highest BCUT2D eigenvalue weighted by molar-refractivity contribution is 7.98. The molecule has 3 atom stereocenters. The molecule has 0 saturated carbocycles. The molecule has 0 aliphatic carbocycles. The number of aliphatic carboxylic acids is 1. The molecule has 0 rings (SSSR count). The van der Waals surface area contributed by atoms with Crippen molar-refractivity contribution in [3.8, 4) is 0 Å². The van der Waals surface area contributed by atoms with Gasteiger partial charge in [0, 0.05) is 0 Å². The van der Waals surface area contributed by atoms with Crippen LogP contribution in [0.15, 0.2) is 0 Å². The fourth-order valence-electron chi connectivity index (χ4n) is 1.71. The predicted octanol–water partition coefficient (Wildman–Crippen LogP) is -2.87. The Hall–Kier alpha value is -2.34. The topological polar surface area (TPSA) is 194 Å². The number of carboxylic acids is 1. The van der Waals surface area contributed by atoms with E-state index in [1.54, 1.807) is 0 Å². The van der Waals surface area contributed by atoms with Crippen LogP contribution in [-0.4, -0.2) is 71.4 Å². The van der Waals surface area contributed by atoms with Gasteiger partial charge in [-0.25, -0.2) is 0 Å². The van der Waals surface area contributed by atoms with Crippen molar-refractivity contribution in [2.24, 2.45) is 11.5 Å². The van der Waals surface area contributed by atoms with Crippen molar-refractivity contribution in [2.45, 2.75) is 37.9 Å². The Bertz CT molecular complexity index is 544. The lowest BCUT2D eigenvalue weighted by Crippen LogP contribution is -2.54. The van der Waals surface area contributed by atoms with Gasteiger partial charge in [-0.05, 0) is 25.4 Å². The van der Waals surface area contributed by atoms with E-state index in [1.807, 2.05) is 6.26 Å². The summed E-state index contributed by atoms with van der Waals surface area (Å²) in [4.78, 5) is 57.4. The van der Waals surface area contributed by atoms with Gasteiger partial charge >= 0.3 is 5.97 Å². The summed E-state index contributed by atoms with van der Waals surface area (Å²) >= 11 is 1.53. The van der Waals surface area contributed by atoms with E-state index in [2.05, 4.69) is 16.0 Å². The van der Waals surface area contributed by atoms with Crippen molar-refractivity contribution in [1.82, 2.24) is 16.0 Å². The minimum atomic E-state index is -1.36. The minimum Gasteiger partial charge on any atom is -0.480 e. The highest BCUT2D eigenvalue weighted by Gasteiger charge is 2.26. The van der Waals surface area contributed by atoms with Crippen LogP contribution in [0.5, 0.6) is 0 Å². The summed E-state index contributed by atoms with van der Waals surface area (Å²) in [5.74, 6) is -3.62. The van der Waals surface area contributed by atoms with Crippen molar-refractivity contribution in [1.29, 1.82) is 0 Å². The summed E-state index contributed by atoms with van der Waals surface area (Å²) in [6.45, 7) is 0.766. The van der Waals surface area contributed by atoms with Gasteiger partial charge in [0.15, 0.2) is 0 Å². The van der Waals surface area contributed by atoms with Gasteiger partial charge in [0.05, 0.1) is 19.0 Å². The number of primary amides is 1. The van der Waals surface area contributed by atoms with Gasteiger partial charge in [-0.3, -0.25) is 24.0 Å². The molecule has 0 heterocycles. The summed E-state index contributed by atoms with van der Waals surface area (Å²) in [6.07, 6.45) is 1.78. The molecule has 3 unspecified atom stereocenters. The highest BCUT2D eigenvalue weighted by Crippen LogP contribution is 1.98. The van der Waals surface area contributed by atoms with Crippen LogP contribution < -0.4 is 27.4 Å². The third-order valence-electron chi connectivity index (χ3n) is 3.18. The Kier molecular flexibility index (Phi) is 11.0. The van der Waals surface area contributed by atoms with Crippen LogP contribution in [0.3, 0.4) is 0 Å². The SMILES string of the molecule is CSCCC(N)C(=O)NCC(=O)NC(CC(N)=O)C(=O)NC(C)C(=O)O. The molecule has 0 radical (unpaired) electrons. The monoisotopic (exact) mass is 391 g/mol. The molecule has 0 aromatic rings. The first-order valence-electron chi connectivity index (χ1n) is 7.71. The highest BCUT2D eigenvalue weighted by atomic mass is 32.2. The molecule has 0 spiro atoms. The quantitative estimate of drug-likeness (QED) is 0.204. The van der Waals surface area contributed by atoms with Crippen LogP contribution >= 0.6 is 11.8 Å². The lowest BCUT2D eigenvalue weighted by atomic mass is 10.1. The van der Waals surface area contributed by atoms with Crippen molar-refractivity contribution in [3.63, 3.8) is 0 Å². The maximum absolute atomic E-state index is 12.0. The fourth-order valence-corrected chi connectivity index (χ4v) is 2.20. The van der Waals surface area contributed by atoms with E-state index >= 15 is 0 Å². The van der Waals surface area contributed by atoms with E-state index < -0.39 is 60.7 Å². The fraction of sp³-hybridized carbons (Fsp3) is 0.643. The predicted molar refractivity (Wildman–Crippen MR) is 95.0 cm³/mol. The van der Waals surface area contributed by atoms with Gasteiger partial charge in [0.2, 0.25) is 23.6 Å². The maximum atomic E-state index is 12.0. The molecular weight excluding hydrogens is 366 g/mol. The molecule has 0 aromatic carbocycles. The number of hydrogen-bond donors (Lipinski definition) is 6. The van der Waals surface area contributed by atoms with Crippen molar-refractivity contribution in [2.75, 3.05) is 18.6 Å². The first-order chi connectivity index (χ1) is 12.1. The van der Waals surface area contributed by atoms with E-state index in [0.29, 0.717) is 12.2 Å². The van der Waals surface area contributed by atoms with Crippen molar-refractivity contribution in [3.05, 3.63) is 0 Å². The number of carbonyl (C=O) groups excluding carboxylic acids is 4. The van der Waals surface area contributed by atoms with Gasteiger partial charge in [-0.2, -0.15) is 11.8 Å². The number of hydrogen-bond acceptors (Lipinski definition) is 7. The second-order valence-corrected chi connectivity index (χ2v) is 6.45. The van der Waals surface area contributed by atoms with E-state index in [4.69, 9.17) is 16.6 Å². The van der Waals surface area contributed by atoms with Crippen LogP contribution in [0, 0.1) is 0 Å². The summed E-state index contributed by atoms with van der Waals surface area (Å²) in [6, 6.07) is -3.34. The molecule has 4 amide bonds. The molecule has 0 bridgehead atoms. The first kappa shape index (κ1) is 23.7. The molecule has 11 nitrogen and oxygen atoms in total. The zero-order chi connectivity index (χ0) is 20.3. The van der Waals surface area contributed by atoms with Gasteiger partial charge < -0.3 is 32.5 Å². The molecule has 8 N–H and O–H groups in total. The standard InChI is InChI=1S/C14H25N5O6S/c1-7(14(24)25)18-13(23)9(5-10(16)20)19-11(21)6-17-12(22)8(15)3-4-26-2/h7-9H,3-6,15H2,1-2H3,(H2,16,20)(H,17,22)(H,18,23)(H,19,21)(H,24,25). The zero-order valence-electron chi connectivity index (χ0n) is 14.6. The summed E-state index contributed by atoms with van der Waals surface area (Å²) in [5, 5.41) is 15.5. The Morgan fingerprint density at radius 1 is 1.12 bits per heavy atom. The van der Waals surface area contributed by atoms with Gasteiger partial charge in [-0.15, -0.1) is 0 Å².